The van der Waals surface area contributed by atoms with Crippen molar-refractivity contribution in [2.24, 2.45) is 0 Å². The van der Waals surface area contributed by atoms with E-state index in [4.69, 9.17) is 4.74 Å². The summed E-state index contributed by atoms with van der Waals surface area (Å²) in [5, 5.41) is 3.45. The van der Waals surface area contributed by atoms with Crippen LogP contribution in [0.4, 0.5) is 0 Å². The van der Waals surface area contributed by atoms with Crippen LogP contribution in [-0.2, 0) is 4.74 Å². The van der Waals surface area contributed by atoms with Crippen molar-refractivity contribution in [2.45, 2.75) is 31.4 Å². The van der Waals surface area contributed by atoms with Crippen LogP contribution in [0.3, 0.4) is 0 Å². The summed E-state index contributed by atoms with van der Waals surface area (Å²) in [5.41, 5.74) is 0.348. The Labute approximate surface area is 105 Å². The van der Waals surface area contributed by atoms with Gasteiger partial charge in [-0.1, -0.05) is 0 Å². The fraction of sp³-hybridized carbons (Fsp3) is 1.00. The first-order valence-electron chi connectivity index (χ1n) is 6.83. The molecule has 100 valence electrons. The second-order valence-electron chi connectivity index (χ2n) is 5.87. The average Bonchev–Trinajstić information content (AvgIpc) is 2.33. The first kappa shape index (κ1) is 13.3. The molecule has 0 bridgehead atoms. The van der Waals surface area contributed by atoms with E-state index in [0.717, 1.165) is 26.2 Å². The lowest BCUT2D eigenvalue weighted by molar-refractivity contribution is -0.0404. The highest BCUT2D eigenvalue weighted by molar-refractivity contribution is 4.89. The fourth-order valence-electron chi connectivity index (χ4n) is 2.74. The van der Waals surface area contributed by atoms with E-state index in [1.54, 1.807) is 0 Å². The predicted octanol–water partition coefficient (Wildman–Crippen LogP) is 0.391. The maximum atomic E-state index is 5.83. The number of ether oxygens (including phenoxy) is 1. The number of piperidine rings is 1. The first-order valence-corrected chi connectivity index (χ1v) is 6.83. The molecule has 0 aromatic heterocycles. The minimum atomic E-state index is 0.348. The Kier molecular flexibility index (Phi) is 4.42. The van der Waals surface area contributed by atoms with Gasteiger partial charge in [0.1, 0.15) is 0 Å². The van der Waals surface area contributed by atoms with Crippen LogP contribution in [0.2, 0.25) is 0 Å². The van der Waals surface area contributed by atoms with Gasteiger partial charge < -0.3 is 19.9 Å². The van der Waals surface area contributed by atoms with E-state index < -0.39 is 0 Å². The molecule has 0 aromatic rings. The summed E-state index contributed by atoms with van der Waals surface area (Å²) in [5.74, 6) is 0. The number of hydrogen-bond acceptors (Lipinski definition) is 4. The standard InChI is InChI=1S/C13H27N3O/c1-13(14-2)4-6-16(7-5-13)11-12-10-15(3)8-9-17-12/h12,14H,4-11H2,1-3H3. The van der Waals surface area contributed by atoms with Gasteiger partial charge in [0.2, 0.25) is 0 Å². The molecule has 0 spiro atoms. The van der Waals surface area contributed by atoms with E-state index in [0.29, 0.717) is 11.6 Å². The van der Waals surface area contributed by atoms with Crippen LogP contribution >= 0.6 is 0 Å². The Morgan fingerprint density at radius 3 is 2.59 bits per heavy atom. The van der Waals surface area contributed by atoms with Crippen molar-refractivity contribution in [1.82, 2.24) is 15.1 Å². The quantitative estimate of drug-likeness (QED) is 0.774. The summed E-state index contributed by atoms with van der Waals surface area (Å²) in [7, 11) is 4.26. The molecule has 4 heteroatoms. The second kappa shape index (κ2) is 5.65. The van der Waals surface area contributed by atoms with Gasteiger partial charge in [0.15, 0.2) is 0 Å². The van der Waals surface area contributed by atoms with Gasteiger partial charge in [-0.15, -0.1) is 0 Å². The minimum Gasteiger partial charge on any atom is -0.374 e. The molecule has 2 heterocycles. The van der Waals surface area contributed by atoms with E-state index in [2.05, 4.69) is 36.1 Å². The molecule has 4 nitrogen and oxygen atoms in total. The van der Waals surface area contributed by atoms with Crippen molar-refractivity contribution < 1.29 is 4.74 Å². The normalized spacial score (nSPS) is 31.6. The topological polar surface area (TPSA) is 27.7 Å². The Morgan fingerprint density at radius 2 is 2.00 bits per heavy atom. The largest absolute Gasteiger partial charge is 0.374 e. The predicted molar refractivity (Wildman–Crippen MR) is 70.4 cm³/mol. The van der Waals surface area contributed by atoms with Crippen molar-refractivity contribution in [3.05, 3.63) is 0 Å². The summed E-state index contributed by atoms with van der Waals surface area (Å²) < 4.78 is 5.83. The van der Waals surface area contributed by atoms with Crippen molar-refractivity contribution in [3.8, 4) is 0 Å². The molecule has 0 saturated carbocycles. The Bertz CT molecular complexity index is 239. The maximum Gasteiger partial charge on any atom is 0.0829 e. The van der Waals surface area contributed by atoms with Gasteiger partial charge in [-0.05, 0) is 47.0 Å². The van der Waals surface area contributed by atoms with Crippen LogP contribution in [0.25, 0.3) is 0 Å². The Balaban J connectivity index is 1.74. The molecule has 0 aliphatic carbocycles. The zero-order valence-corrected chi connectivity index (χ0v) is 11.5. The highest BCUT2D eigenvalue weighted by Crippen LogP contribution is 2.21. The van der Waals surface area contributed by atoms with Crippen molar-refractivity contribution in [1.29, 1.82) is 0 Å². The number of nitrogens with zero attached hydrogens (tertiary/aromatic N) is 2. The molecule has 0 aromatic carbocycles. The molecule has 1 N–H and O–H groups in total. The zero-order chi connectivity index (χ0) is 12.3. The number of hydrogen-bond donors (Lipinski definition) is 1. The average molecular weight is 241 g/mol. The lowest BCUT2D eigenvalue weighted by atomic mass is 9.90. The fourth-order valence-corrected chi connectivity index (χ4v) is 2.74. The van der Waals surface area contributed by atoms with Crippen LogP contribution in [0.5, 0.6) is 0 Å². The minimum absolute atomic E-state index is 0.348. The summed E-state index contributed by atoms with van der Waals surface area (Å²) in [4.78, 5) is 4.93. The third kappa shape index (κ3) is 3.65. The highest BCUT2D eigenvalue weighted by atomic mass is 16.5. The van der Waals surface area contributed by atoms with E-state index in [1.807, 2.05) is 0 Å². The van der Waals surface area contributed by atoms with Gasteiger partial charge in [-0.2, -0.15) is 0 Å². The van der Waals surface area contributed by atoms with E-state index >= 15 is 0 Å². The molecule has 2 fully saturated rings. The molecule has 2 saturated heterocycles. The molecule has 1 unspecified atom stereocenters. The monoisotopic (exact) mass is 241 g/mol. The Morgan fingerprint density at radius 1 is 1.29 bits per heavy atom. The number of likely N-dealkylation sites (N-methyl/N-ethyl adjacent to an activating group) is 1. The van der Waals surface area contributed by atoms with Gasteiger partial charge in [0, 0.05) is 25.2 Å². The number of likely N-dealkylation sites (tertiary alicyclic amines) is 1. The van der Waals surface area contributed by atoms with Crippen LogP contribution in [-0.4, -0.2) is 74.9 Å². The Hall–Kier alpha value is -0.160. The summed E-state index contributed by atoms with van der Waals surface area (Å²) in [6.45, 7) is 8.87. The zero-order valence-electron chi connectivity index (χ0n) is 11.5. The van der Waals surface area contributed by atoms with Crippen LogP contribution in [0.15, 0.2) is 0 Å². The number of morpholine rings is 1. The molecular formula is C13H27N3O. The van der Waals surface area contributed by atoms with E-state index in [1.165, 1.54) is 25.9 Å². The van der Waals surface area contributed by atoms with E-state index in [9.17, 15) is 0 Å². The molecule has 0 amide bonds. The van der Waals surface area contributed by atoms with Gasteiger partial charge in [0.05, 0.1) is 12.7 Å². The number of rotatable bonds is 3. The smallest absolute Gasteiger partial charge is 0.0829 e. The molecule has 1 atom stereocenters. The van der Waals surface area contributed by atoms with Crippen molar-refractivity contribution in [3.63, 3.8) is 0 Å². The highest BCUT2D eigenvalue weighted by Gasteiger charge is 2.30. The van der Waals surface area contributed by atoms with Crippen LogP contribution < -0.4 is 5.32 Å². The summed E-state index contributed by atoms with van der Waals surface area (Å²) >= 11 is 0. The molecular weight excluding hydrogens is 214 g/mol. The van der Waals surface area contributed by atoms with Gasteiger partial charge in [-0.25, -0.2) is 0 Å². The van der Waals surface area contributed by atoms with Gasteiger partial charge in [-0.3, -0.25) is 0 Å². The SMILES string of the molecule is CNC1(C)CCN(CC2CN(C)CCO2)CC1. The van der Waals surface area contributed by atoms with Crippen LogP contribution in [0.1, 0.15) is 19.8 Å². The molecule has 2 rings (SSSR count). The summed E-state index contributed by atoms with van der Waals surface area (Å²) in [6.07, 6.45) is 2.89. The van der Waals surface area contributed by atoms with Crippen molar-refractivity contribution in [2.75, 3.05) is 53.4 Å². The second-order valence-corrected chi connectivity index (χ2v) is 5.87. The lowest BCUT2D eigenvalue weighted by Crippen LogP contribution is -2.53. The van der Waals surface area contributed by atoms with Gasteiger partial charge >= 0.3 is 0 Å². The first-order chi connectivity index (χ1) is 8.11. The lowest BCUT2D eigenvalue weighted by Gasteiger charge is -2.41. The van der Waals surface area contributed by atoms with Crippen molar-refractivity contribution >= 4 is 0 Å². The summed E-state index contributed by atoms with van der Waals surface area (Å²) in [6, 6.07) is 0. The number of nitrogens with one attached hydrogen (secondary N) is 1. The third-order valence-corrected chi connectivity index (χ3v) is 4.37. The third-order valence-electron chi connectivity index (χ3n) is 4.37. The van der Waals surface area contributed by atoms with E-state index in [-0.39, 0.29) is 0 Å². The van der Waals surface area contributed by atoms with Crippen LogP contribution in [0, 0.1) is 0 Å². The molecule has 0 radical (unpaired) electrons. The molecule has 2 aliphatic rings. The van der Waals surface area contributed by atoms with Gasteiger partial charge in [0.25, 0.3) is 0 Å². The maximum absolute atomic E-state index is 5.83. The molecule has 2 aliphatic heterocycles. The molecule has 17 heavy (non-hydrogen) atoms.